The average Bonchev–Trinajstić information content (AvgIpc) is 3.36. The number of hydrogen-bond donors (Lipinski definition) is 2. The minimum absolute atomic E-state index is 0.0666. The molecule has 0 spiro atoms. The van der Waals surface area contributed by atoms with Crippen molar-refractivity contribution in [1.82, 2.24) is 15.2 Å². The lowest BCUT2D eigenvalue weighted by Gasteiger charge is -2.44. The first-order valence-corrected chi connectivity index (χ1v) is 12.8. The lowest BCUT2D eigenvalue weighted by molar-refractivity contribution is 0.0602. The number of rotatable bonds is 5. The van der Waals surface area contributed by atoms with Crippen molar-refractivity contribution in [3.05, 3.63) is 66.2 Å². The molecule has 4 heterocycles. The summed E-state index contributed by atoms with van der Waals surface area (Å²) in [7, 11) is -2.39. The Kier molecular flexibility index (Phi) is 7.54. The number of nitrogens with one attached hydrogen (secondary N) is 1. The van der Waals surface area contributed by atoms with Crippen LogP contribution in [0.15, 0.2) is 64.0 Å². The smallest absolute Gasteiger partial charge is 0.307 e. The van der Waals surface area contributed by atoms with Crippen molar-refractivity contribution in [2.75, 3.05) is 26.7 Å². The molecule has 2 N–H and O–H groups in total. The summed E-state index contributed by atoms with van der Waals surface area (Å²) < 4.78 is 40.3. The number of amides is 1. The summed E-state index contributed by atoms with van der Waals surface area (Å²) in [5, 5.41) is 3.09. The minimum Gasteiger partial charge on any atom is -0.497 e. The number of hydrogen-bond acceptors (Lipinski definition) is 7. The van der Waals surface area contributed by atoms with Gasteiger partial charge in [-0.05, 0) is 75.2 Å². The Labute approximate surface area is 204 Å². The Balaban J connectivity index is 0.000000221. The molecule has 35 heavy (non-hydrogen) atoms. The van der Waals surface area contributed by atoms with Crippen molar-refractivity contribution in [3.63, 3.8) is 0 Å². The van der Waals surface area contributed by atoms with E-state index in [0.717, 1.165) is 49.4 Å². The second kappa shape index (κ2) is 10.6. The third-order valence-corrected chi connectivity index (χ3v) is 7.23. The quantitative estimate of drug-likeness (QED) is 0.512. The summed E-state index contributed by atoms with van der Waals surface area (Å²) in [6.07, 6.45) is 3.91. The van der Waals surface area contributed by atoms with E-state index in [4.69, 9.17) is 13.7 Å². The zero-order chi connectivity index (χ0) is 25.0. The molecule has 0 unspecified atom stereocenters. The summed E-state index contributed by atoms with van der Waals surface area (Å²) in [4.78, 5) is 18.9. The highest BCUT2D eigenvalue weighted by molar-refractivity contribution is 7.85. The van der Waals surface area contributed by atoms with Gasteiger partial charge in [0.2, 0.25) is 0 Å². The van der Waals surface area contributed by atoms with E-state index < -0.39 is 10.1 Å². The van der Waals surface area contributed by atoms with Crippen molar-refractivity contribution in [2.45, 2.75) is 30.7 Å². The largest absolute Gasteiger partial charge is 0.497 e. The van der Waals surface area contributed by atoms with Crippen molar-refractivity contribution in [3.8, 4) is 17.1 Å². The number of carbonyl (C=O) groups excluding carboxylic acids is 1. The third kappa shape index (κ3) is 6.27. The summed E-state index contributed by atoms with van der Waals surface area (Å²) in [6.45, 7) is 5.07. The molecule has 10 heteroatoms. The van der Waals surface area contributed by atoms with Gasteiger partial charge in [-0.2, -0.15) is 8.42 Å². The van der Waals surface area contributed by atoms with Crippen LogP contribution in [-0.2, 0) is 10.1 Å². The van der Waals surface area contributed by atoms with Gasteiger partial charge in [0, 0.05) is 18.2 Å². The van der Waals surface area contributed by atoms with Gasteiger partial charge < -0.3 is 19.4 Å². The number of carbonyl (C=O) groups is 1. The van der Waals surface area contributed by atoms with Gasteiger partial charge in [0.15, 0.2) is 5.76 Å². The number of benzene rings is 2. The number of piperidine rings is 3. The van der Waals surface area contributed by atoms with Crippen LogP contribution in [0, 0.1) is 12.8 Å². The Morgan fingerprint density at radius 2 is 1.77 bits per heavy atom. The molecular formula is C25H29N3O6S. The van der Waals surface area contributed by atoms with E-state index in [1.165, 1.54) is 12.1 Å². The highest BCUT2D eigenvalue weighted by Gasteiger charge is 2.35. The van der Waals surface area contributed by atoms with Gasteiger partial charge in [-0.3, -0.25) is 9.35 Å². The SMILES string of the molecule is COc1ccc(-c2cnc(C(=O)N[C@H]3CN4CCC3CC4)o2)cc1.Cc1ccc(S(=O)(=O)O)cc1. The summed E-state index contributed by atoms with van der Waals surface area (Å²) in [5.74, 6) is 1.83. The summed E-state index contributed by atoms with van der Waals surface area (Å²) >= 11 is 0. The van der Waals surface area contributed by atoms with E-state index in [1.807, 2.05) is 31.2 Å². The normalized spacial score (nSPS) is 21.1. The standard InChI is InChI=1S/C18H21N3O3.C7H8O3S/c1-23-14-4-2-13(3-5-14)16-10-19-18(24-16)17(22)20-15-11-21-8-6-12(15)7-9-21;1-6-2-4-7(5-3-6)11(8,9)10/h2-5,10,12,15H,6-9,11H2,1H3,(H,20,22);2-5H,1H3,(H,8,9,10)/t15-;/m0./s1. The molecule has 3 aliphatic rings. The van der Waals surface area contributed by atoms with Crippen LogP contribution < -0.4 is 10.1 Å². The molecule has 9 nitrogen and oxygen atoms in total. The second-order valence-electron chi connectivity index (χ2n) is 8.76. The molecule has 0 saturated carbocycles. The number of nitrogens with zero attached hydrogens (tertiary/aromatic N) is 2. The van der Waals surface area contributed by atoms with Crippen LogP contribution in [-0.4, -0.2) is 61.5 Å². The van der Waals surface area contributed by atoms with Crippen molar-refractivity contribution >= 4 is 16.0 Å². The Morgan fingerprint density at radius 3 is 2.31 bits per heavy atom. The maximum atomic E-state index is 12.4. The average molecular weight is 500 g/mol. The van der Waals surface area contributed by atoms with E-state index in [0.29, 0.717) is 11.7 Å². The first-order chi connectivity index (χ1) is 16.7. The molecule has 1 amide bonds. The molecule has 3 saturated heterocycles. The topological polar surface area (TPSA) is 122 Å². The predicted octanol–water partition coefficient (Wildman–Crippen LogP) is 3.42. The van der Waals surface area contributed by atoms with Crippen molar-refractivity contribution in [2.24, 2.45) is 5.92 Å². The molecule has 2 aromatic carbocycles. The van der Waals surface area contributed by atoms with Gasteiger partial charge in [-0.1, -0.05) is 17.7 Å². The first-order valence-electron chi connectivity index (χ1n) is 11.4. The zero-order valence-electron chi connectivity index (χ0n) is 19.7. The maximum absolute atomic E-state index is 12.4. The van der Waals surface area contributed by atoms with E-state index in [1.54, 1.807) is 25.4 Å². The molecule has 3 fully saturated rings. The van der Waals surface area contributed by atoms with Crippen LogP contribution >= 0.6 is 0 Å². The second-order valence-corrected chi connectivity index (χ2v) is 10.2. The monoisotopic (exact) mass is 499 g/mol. The number of fused-ring (bicyclic) bond motifs is 3. The number of methoxy groups -OCH3 is 1. The summed E-state index contributed by atoms with van der Waals surface area (Å²) in [6, 6.07) is 13.7. The van der Waals surface area contributed by atoms with E-state index in [9.17, 15) is 13.2 Å². The molecule has 3 aromatic rings. The Morgan fingerprint density at radius 1 is 1.11 bits per heavy atom. The van der Waals surface area contributed by atoms with Crippen LogP contribution in [0.3, 0.4) is 0 Å². The van der Waals surface area contributed by atoms with E-state index in [2.05, 4.69) is 15.2 Å². The third-order valence-electron chi connectivity index (χ3n) is 6.37. The van der Waals surface area contributed by atoms with Crippen LogP contribution in [0.5, 0.6) is 5.75 Å². The fourth-order valence-electron chi connectivity index (χ4n) is 4.34. The van der Waals surface area contributed by atoms with Gasteiger partial charge in [0.05, 0.1) is 18.2 Å². The van der Waals surface area contributed by atoms with Crippen molar-refractivity contribution in [1.29, 1.82) is 0 Å². The molecule has 186 valence electrons. The van der Waals surface area contributed by atoms with E-state index in [-0.39, 0.29) is 22.7 Å². The lowest BCUT2D eigenvalue weighted by Crippen LogP contribution is -2.57. The maximum Gasteiger partial charge on any atom is 0.307 e. The van der Waals surface area contributed by atoms with Crippen LogP contribution in [0.1, 0.15) is 29.1 Å². The number of aryl methyl sites for hydroxylation is 1. The highest BCUT2D eigenvalue weighted by Crippen LogP contribution is 2.28. The molecule has 1 atom stereocenters. The van der Waals surface area contributed by atoms with Crippen LogP contribution in [0.2, 0.25) is 0 Å². The van der Waals surface area contributed by atoms with Gasteiger partial charge in [0.1, 0.15) is 5.75 Å². The minimum atomic E-state index is -4.02. The van der Waals surface area contributed by atoms with Gasteiger partial charge in [0.25, 0.3) is 16.0 Å². The first kappa shape index (κ1) is 24.9. The molecule has 1 aromatic heterocycles. The van der Waals surface area contributed by atoms with Gasteiger partial charge >= 0.3 is 5.91 Å². The van der Waals surface area contributed by atoms with Crippen LogP contribution in [0.25, 0.3) is 11.3 Å². The Hall–Kier alpha value is -3.21. The molecular weight excluding hydrogens is 470 g/mol. The van der Waals surface area contributed by atoms with Gasteiger partial charge in [-0.15, -0.1) is 0 Å². The fraction of sp³-hybridized carbons (Fsp3) is 0.360. The molecule has 3 aliphatic heterocycles. The Bertz CT molecular complexity index is 1250. The fourth-order valence-corrected chi connectivity index (χ4v) is 4.82. The predicted molar refractivity (Wildman–Crippen MR) is 130 cm³/mol. The number of ether oxygens (including phenoxy) is 1. The van der Waals surface area contributed by atoms with Crippen LogP contribution in [0.4, 0.5) is 0 Å². The molecule has 0 radical (unpaired) electrons. The summed E-state index contributed by atoms with van der Waals surface area (Å²) in [5.41, 5.74) is 1.82. The number of aromatic nitrogens is 1. The highest BCUT2D eigenvalue weighted by atomic mass is 32.2. The molecule has 2 bridgehead atoms. The molecule has 6 rings (SSSR count). The van der Waals surface area contributed by atoms with Crippen molar-refractivity contribution < 1.29 is 26.9 Å². The zero-order valence-corrected chi connectivity index (χ0v) is 20.5. The van der Waals surface area contributed by atoms with Gasteiger partial charge in [-0.25, -0.2) is 4.98 Å². The molecule has 0 aliphatic carbocycles. The number of oxazole rings is 1. The van der Waals surface area contributed by atoms with E-state index >= 15 is 0 Å². The lowest BCUT2D eigenvalue weighted by atomic mass is 9.84.